The molecule has 3 rings (SSSR count). The zero-order chi connectivity index (χ0) is 20.3. The molecule has 2 N–H and O–H groups in total. The molecule has 0 aliphatic rings. The van der Waals surface area contributed by atoms with Crippen molar-refractivity contribution in [2.75, 3.05) is 10.6 Å². The molecule has 0 aliphatic heterocycles. The van der Waals surface area contributed by atoms with E-state index in [1.165, 1.54) is 0 Å². The summed E-state index contributed by atoms with van der Waals surface area (Å²) in [6, 6.07) is 10.9. The lowest BCUT2D eigenvalue weighted by atomic mass is 10.3. The molecule has 8 nitrogen and oxygen atoms in total. The predicted octanol–water partition coefficient (Wildman–Crippen LogP) is 3.31. The summed E-state index contributed by atoms with van der Waals surface area (Å²) in [4.78, 5) is 24.7. The largest absolute Gasteiger partial charge is 0.317 e. The van der Waals surface area contributed by atoms with Crippen LogP contribution in [0.3, 0.4) is 0 Å². The number of carbonyl (C=O) groups excluding carboxylic acids is 2. The number of aromatic nitrogens is 4. The van der Waals surface area contributed by atoms with Gasteiger partial charge in [-0.15, -0.1) is 0 Å². The van der Waals surface area contributed by atoms with Crippen LogP contribution in [0, 0.1) is 13.8 Å². The molecular formula is C20H24N6O2. The van der Waals surface area contributed by atoms with Gasteiger partial charge in [0.25, 0.3) is 5.91 Å². The lowest BCUT2D eigenvalue weighted by Gasteiger charge is -2.07. The van der Waals surface area contributed by atoms with E-state index < -0.39 is 0 Å². The molecule has 0 spiro atoms. The summed E-state index contributed by atoms with van der Waals surface area (Å²) in [5, 5.41) is 14.5. The van der Waals surface area contributed by atoms with E-state index in [0.717, 1.165) is 23.6 Å². The Morgan fingerprint density at radius 2 is 1.75 bits per heavy atom. The average Bonchev–Trinajstić information content (AvgIpc) is 3.24. The number of aryl methyl sites for hydroxylation is 2. The van der Waals surface area contributed by atoms with E-state index in [9.17, 15) is 9.59 Å². The van der Waals surface area contributed by atoms with Gasteiger partial charge in [-0.25, -0.2) is 4.68 Å². The van der Waals surface area contributed by atoms with Gasteiger partial charge in [0, 0.05) is 19.0 Å². The Bertz CT molecular complexity index is 1000. The molecule has 2 amide bonds. The topological polar surface area (TPSA) is 93.8 Å². The van der Waals surface area contributed by atoms with Gasteiger partial charge in [-0.05, 0) is 32.9 Å². The minimum Gasteiger partial charge on any atom is -0.317 e. The van der Waals surface area contributed by atoms with Gasteiger partial charge >= 0.3 is 0 Å². The maximum atomic E-state index is 12.8. The molecule has 28 heavy (non-hydrogen) atoms. The zero-order valence-electron chi connectivity index (χ0n) is 16.5. The summed E-state index contributed by atoms with van der Waals surface area (Å²) in [5.41, 5.74) is 3.27. The van der Waals surface area contributed by atoms with Gasteiger partial charge in [-0.3, -0.25) is 14.3 Å². The van der Waals surface area contributed by atoms with Crippen LogP contribution in [0.25, 0.3) is 5.69 Å². The molecule has 8 heteroatoms. The van der Waals surface area contributed by atoms with Crippen LogP contribution in [-0.4, -0.2) is 31.4 Å². The maximum Gasteiger partial charge on any atom is 0.276 e. The highest BCUT2D eigenvalue weighted by Crippen LogP contribution is 2.22. The van der Waals surface area contributed by atoms with Gasteiger partial charge in [-0.2, -0.15) is 10.2 Å². The third-order valence-corrected chi connectivity index (χ3v) is 4.45. The van der Waals surface area contributed by atoms with Gasteiger partial charge in [0.1, 0.15) is 5.82 Å². The lowest BCUT2D eigenvalue weighted by molar-refractivity contribution is -0.115. The highest BCUT2D eigenvalue weighted by atomic mass is 16.2. The Morgan fingerprint density at radius 1 is 1.04 bits per heavy atom. The van der Waals surface area contributed by atoms with Crippen molar-refractivity contribution in [3.63, 3.8) is 0 Å². The van der Waals surface area contributed by atoms with Crippen LogP contribution in [0.15, 0.2) is 36.4 Å². The Kier molecular flexibility index (Phi) is 5.58. The second-order valence-corrected chi connectivity index (χ2v) is 6.38. The molecule has 0 aliphatic carbocycles. The molecule has 0 fully saturated rings. The second-order valence-electron chi connectivity index (χ2n) is 6.38. The van der Waals surface area contributed by atoms with Crippen molar-refractivity contribution in [1.29, 1.82) is 0 Å². The number of para-hydroxylation sites is 1. The molecule has 0 saturated heterocycles. The normalized spacial score (nSPS) is 10.7. The molecule has 0 radical (unpaired) electrons. The summed E-state index contributed by atoms with van der Waals surface area (Å²) in [6.07, 6.45) is 0.329. The van der Waals surface area contributed by atoms with Crippen molar-refractivity contribution >= 4 is 23.3 Å². The van der Waals surface area contributed by atoms with E-state index in [4.69, 9.17) is 0 Å². The van der Waals surface area contributed by atoms with Crippen molar-refractivity contribution in [3.8, 4) is 5.69 Å². The monoisotopic (exact) mass is 380 g/mol. The summed E-state index contributed by atoms with van der Waals surface area (Å²) in [7, 11) is 0. The first-order chi connectivity index (χ1) is 13.4. The van der Waals surface area contributed by atoms with E-state index >= 15 is 0 Å². The number of benzene rings is 1. The molecule has 3 aromatic rings. The average molecular weight is 380 g/mol. The summed E-state index contributed by atoms with van der Waals surface area (Å²) >= 11 is 0. The fourth-order valence-electron chi connectivity index (χ4n) is 2.94. The molecule has 0 unspecified atom stereocenters. The second kappa shape index (κ2) is 8.08. The molecule has 146 valence electrons. The Morgan fingerprint density at radius 3 is 2.36 bits per heavy atom. The summed E-state index contributed by atoms with van der Waals surface area (Å²) in [5.74, 6) is -0.0654. The van der Waals surface area contributed by atoms with Crippen molar-refractivity contribution in [2.45, 2.75) is 40.7 Å². The van der Waals surface area contributed by atoms with Crippen LogP contribution in [0.1, 0.15) is 42.1 Å². The predicted molar refractivity (Wildman–Crippen MR) is 108 cm³/mol. The number of carbonyl (C=O) groups is 2. The Labute approximate surface area is 163 Å². The minimum atomic E-state index is -0.358. The van der Waals surface area contributed by atoms with Crippen LogP contribution in [0.2, 0.25) is 0 Å². The Balaban J connectivity index is 1.94. The molecular weight excluding hydrogens is 356 g/mol. The van der Waals surface area contributed by atoms with Crippen LogP contribution < -0.4 is 10.6 Å². The molecule has 2 heterocycles. The number of nitrogens with one attached hydrogen (secondary N) is 2. The van der Waals surface area contributed by atoms with Gasteiger partial charge < -0.3 is 10.6 Å². The SMILES string of the molecule is CCC(=O)Nc1cc(C(=O)Nc2c(C)nn(CC)c2C)nn1-c1ccccc1. The quantitative estimate of drug-likeness (QED) is 0.686. The number of hydrogen-bond donors (Lipinski definition) is 2. The third-order valence-electron chi connectivity index (χ3n) is 4.45. The zero-order valence-corrected chi connectivity index (χ0v) is 16.5. The molecule has 0 saturated carbocycles. The lowest BCUT2D eigenvalue weighted by Crippen LogP contribution is -2.14. The smallest absolute Gasteiger partial charge is 0.276 e. The van der Waals surface area contributed by atoms with Crippen LogP contribution in [0.4, 0.5) is 11.5 Å². The van der Waals surface area contributed by atoms with Crippen molar-refractivity contribution in [1.82, 2.24) is 19.6 Å². The third kappa shape index (κ3) is 3.80. The van der Waals surface area contributed by atoms with Gasteiger partial charge in [0.05, 0.1) is 22.8 Å². The standard InChI is InChI=1S/C20H24N6O2/c1-5-18(27)21-17-12-16(24-26(17)15-10-8-7-9-11-15)20(28)22-19-13(3)23-25(6-2)14(19)4/h7-12H,5-6H2,1-4H3,(H,21,27)(H,22,28). The molecule has 0 bridgehead atoms. The fourth-order valence-corrected chi connectivity index (χ4v) is 2.94. The first-order valence-corrected chi connectivity index (χ1v) is 9.25. The Hall–Kier alpha value is -3.42. The highest BCUT2D eigenvalue weighted by Gasteiger charge is 2.20. The van der Waals surface area contributed by atoms with Gasteiger partial charge in [0.2, 0.25) is 5.91 Å². The fraction of sp³-hybridized carbons (Fsp3) is 0.300. The number of nitrogens with zero attached hydrogens (tertiary/aromatic N) is 4. The maximum absolute atomic E-state index is 12.8. The minimum absolute atomic E-state index is 0.153. The summed E-state index contributed by atoms with van der Waals surface area (Å²) in [6.45, 7) is 8.25. The number of rotatable bonds is 6. The van der Waals surface area contributed by atoms with Crippen molar-refractivity contribution in [3.05, 3.63) is 53.5 Å². The number of anilines is 2. The van der Waals surface area contributed by atoms with E-state index in [0.29, 0.717) is 17.9 Å². The van der Waals surface area contributed by atoms with Crippen molar-refractivity contribution in [2.24, 2.45) is 0 Å². The summed E-state index contributed by atoms with van der Waals surface area (Å²) < 4.78 is 3.39. The number of hydrogen-bond acceptors (Lipinski definition) is 4. The first-order valence-electron chi connectivity index (χ1n) is 9.25. The van der Waals surface area contributed by atoms with E-state index in [1.54, 1.807) is 17.7 Å². The van der Waals surface area contributed by atoms with E-state index in [2.05, 4.69) is 20.8 Å². The van der Waals surface area contributed by atoms with Crippen LogP contribution >= 0.6 is 0 Å². The van der Waals surface area contributed by atoms with Crippen LogP contribution in [-0.2, 0) is 11.3 Å². The van der Waals surface area contributed by atoms with E-state index in [1.807, 2.05) is 55.8 Å². The van der Waals surface area contributed by atoms with Crippen LogP contribution in [0.5, 0.6) is 0 Å². The molecule has 2 aromatic heterocycles. The van der Waals surface area contributed by atoms with Gasteiger partial charge in [-0.1, -0.05) is 25.1 Å². The van der Waals surface area contributed by atoms with E-state index in [-0.39, 0.29) is 17.5 Å². The van der Waals surface area contributed by atoms with Gasteiger partial charge in [0.15, 0.2) is 5.69 Å². The van der Waals surface area contributed by atoms with Crippen molar-refractivity contribution < 1.29 is 9.59 Å². The highest BCUT2D eigenvalue weighted by molar-refractivity contribution is 6.04. The first kappa shape index (κ1) is 19.3. The number of amides is 2. The molecule has 1 aromatic carbocycles. The molecule has 0 atom stereocenters.